The Balaban J connectivity index is 1.91. The lowest BCUT2D eigenvalue weighted by molar-refractivity contribution is 0.520. The van der Waals surface area contributed by atoms with E-state index in [-0.39, 0.29) is 0 Å². The van der Waals surface area contributed by atoms with Gasteiger partial charge in [0.2, 0.25) is 0 Å². The van der Waals surface area contributed by atoms with Gasteiger partial charge in [-0.3, -0.25) is 0 Å². The van der Waals surface area contributed by atoms with Crippen molar-refractivity contribution in [3.8, 4) is 0 Å². The van der Waals surface area contributed by atoms with E-state index in [4.69, 9.17) is 0 Å². The summed E-state index contributed by atoms with van der Waals surface area (Å²) in [5, 5.41) is 6.59. The second-order valence-corrected chi connectivity index (χ2v) is 4.53. The molecule has 0 bridgehead atoms. The predicted molar refractivity (Wildman–Crippen MR) is 66.6 cm³/mol. The first kappa shape index (κ1) is 11.2. The molecule has 0 radical (unpaired) electrons. The van der Waals surface area contributed by atoms with Crippen molar-refractivity contribution in [1.29, 1.82) is 0 Å². The molecule has 0 aromatic carbocycles. The average molecular weight is 220 g/mol. The molecule has 1 aromatic heterocycles. The highest BCUT2D eigenvalue weighted by Gasteiger charge is 2.40. The lowest BCUT2D eigenvalue weighted by Crippen LogP contribution is -2.15. The van der Waals surface area contributed by atoms with Gasteiger partial charge in [-0.25, -0.2) is 9.97 Å². The molecule has 1 heterocycles. The van der Waals surface area contributed by atoms with Crippen molar-refractivity contribution in [2.45, 2.75) is 33.1 Å². The van der Waals surface area contributed by atoms with Crippen LogP contribution in [0.15, 0.2) is 12.4 Å². The second kappa shape index (κ2) is 4.68. The van der Waals surface area contributed by atoms with E-state index in [9.17, 15) is 0 Å². The number of hydrogen-bond donors (Lipinski definition) is 2. The van der Waals surface area contributed by atoms with Gasteiger partial charge in [-0.1, -0.05) is 6.92 Å². The molecule has 1 aliphatic rings. The smallest absolute Gasteiger partial charge is 0.131 e. The van der Waals surface area contributed by atoms with Crippen LogP contribution in [-0.2, 0) is 0 Å². The quantitative estimate of drug-likeness (QED) is 0.773. The molecule has 1 aliphatic carbocycles. The Morgan fingerprint density at radius 1 is 1.19 bits per heavy atom. The monoisotopic (exact) mass is 220 g/mol. The number of hydrogen-bond acceptors (Lipinski definition) is 4. The fraction of sp³-hybridized carbons (Fsp3) is 0.667. The zero-order chi connectivity index (χ0) is 11.4. The van der Waals surface area contributed by atoms with Crippen LogP contribution >= 0.6 is 0 Å². The summed E-state index contributed by atoms with van der Waals surface area (Å²) in [6.07, 6.45) is 5.56. The number of anilines is 2. The molecule has 0 amide bonds. The van der Waals surface area contributed by atoms with Crippen molar-refractivity contribution in [3.05, 3.63) is 12.4 Å². The van der Waals surface area contributed by atoms with Crippen LogP contribution in [0, 0.1) is 5.41 Å². The standard InChI is InChI=1S/C12H20N4/c1-3-12(5-6-12)8-14-11-7-10(13-4-2)15-9-16-11/h7,9H,3-6,8H2,1-2H3,(H2,13,14,15,16). The van der Waals surface area contributed by atoms with Gasteiger partial charge in [0.05, 0.1) is 0 Å². The third kappa shape index (κ3) is 2.62. The fourth-order valence-electron chi connectivity index (χ4n) is 1.84. The SMILES string of the molecule is CCNc1cc(NCC2(CC)CC2)ncn1. The van der Waals surface area contributed by atoms with E-state index < -0.39 is 0 Å². The maximum atomic E-state index is 4.22. The van der Waals surface area contributed by atoms with Crippen molar-refractivity contribution in [2.75, 3.05) is 23.7 Å². The van der Waals surface area contributed by atoms with Crippen molar-refractivity contribution in [3.63, 3.8) is 0 Å². The molecule has 0 spiro atoms. The van der Waals surface area contributed by atoms with Crippen molar-refractivity contribution < 1.29 is 0 Å². The van der Waals surface area contributed by atoms with Gasteiger partial charge in [-0.2, -0.15) is 0 Å². The highest BCUT2D eigenvalue weighted by Crippen LogP contribution is 2.48. The first-order valence-electron chi connectivity index (χ1n) is 6.08. The van der Waals surface area contributed by atoms with E-state index in [1.807, 2.05) is 6.07 Å². The average Bonchev–Trinajstić information content (AvgIpc) is 3.08. The molecule has 88 valence electrons. The molecule has 1 fully saturated rings. The summed E-state index contributed by atoms with van der Waals surface area (Å²) in [6.45, 7) is 6.24. The van der Waals surface area contributed by atoms with E-state index in [0.717, 1.165) is 24.7 Å². The van der Waals surface area contributed by atoms with Crippen LogP contribution < -0.4 is 10.6 Å². The maximum absolute atomic E-state index is 4.22. The summed E-state index contributed by atoms with van der Waals surface area (Å²) in [6, 6.07) is 1.97. The van der Waals surface area contributed by atoms with Gasteiger partial charge in [0.15, 0.2) is 0 Å². The second-order valence-electron chi connectivity index (χ2n) is 4.53. The molecule has 0 atom stereocenters. The molecule has 1 aromatic rings. The summed E-state index contributed by atoms with van der Waals surface area (Å²) in [5.74, 6) is 1.81. The molecule has 0 aliphatic heterocycles. The molecule has 0 saturated heterocycles. The Hall–Kier alpha value is -1.32. The van der Waals surface area contributed by atoms with Crippen LogP contribution in [0.5, 0.6) is 0 Å². The Bertz CT molecular complexity index is 347. The number of rotatable bonds is 6. The lowest BCUT2D eigenvalue weighted by atomic mass is 10.0. The minimum absolute atomic E-state index is 0.545. The predicted octanol–water partition coefficient (Wildman–Crippen LogP) is 2.51. The van der Waals surface area contributed by atoms with E-state index >= 15 is 0 Å². The zero-order valence-electron chi connectivity index (χ0n) is 10.1. The Labute approximate surface area is 96.9 Å². The minimum Gasteiger partial charge on any atom is -0.370 e. The fourth-order valence-corrected chi connectivity index (χ4v) is 1.84. The Morgan fingerprint density at radius 3 is 2.44 bits per heavy atom. The van der Waals surface area contributed by atoms with Crippen molar-refractivity contribution >= 4 is 11.6 Å². The van der Waals surface area contributed by atoms with Gasteiger partial charge in [-0.05, 0) is 31.6 Å². The highest BCUT2D eigenvalue weighted by atomic mass is 15.1. The van der Waals surface area contributed by atoms with E-state index in [2.05, 4.69) is 34.4 Å². The zero-order valence-corrected chi connectivity index (χ0v) is 10.1. The number of nitrogens with one attached hydrogen (secondary N) is 2. The van der Waals surface area contributed by atoms with Crippen LogP contribution in [0.3, 0.4) is 0 Å². The van der Waals surface area contributed by atoms with Crippen molar-refractivity contribution in [2.24, 2.45) is 5.41 Å². The lowest BCUT2D eigenvalue weighted by Gasteiger charge is -2.14. The normalized spacial score (nSPS) is 16.9. The molecule has 2 rings (SSSR count). The number of nitrogens with zero attached hydrogens (tertiary/aromatic N) is 2. The third-order valence-electron chi connectivity index (χ3n) is 3.38. The molecular weight excluding hydrogens is 200 g/mol. The van der Waals surface area contributed by atoms with Crippen LogP contribution in [0.2, 0.25) is 0 Å². The number of aromatic nitrogens is 2. The highest BCUT2D eigenvalue weighted by molar-refractivity contribution is 5.46. The van der Waals surface area contributed by atoms with Crippen LogP contribution in [0.1, 0.15) is 33.1 Å². The summed E-state index contributed by atoms with van der Waals surface area (Å²) < 4.78 is 0. The topological polar surface area (TPSA) is 49.8 Å². The summed E-state index contributed by atoms with van der Waals surface area (Å²) in [4.78, 5) is 8.37. The maximum Gasteiger partial charge on any atom is 0.131 e. The van der Waals surface area contributed by atoms with Gasteiger partial charge in [-0.15, -0.1) is 0 Å². The molecule has 0 unspecified atom stereocenters. The molecule has 2 N–H and O–H groups in total. The summed E-state index contributed by atoms with van der Waals surface area (Å²) in [7, 11) is 0. The van der Waals surface area contributed by atoms with Gasteiger partial charge in [0, 0.05) is 19.2 Å². The van der Waals surface area contributed by atoms with Gasteiger partial charge < -0.3 is 10.6 Å². The first-order chi connectivity index (χ1) is 7.78. The summed E-state index contributed by atoms with van der Waals surface area (Å²) in [5.41, 5.74) is 0.545. The van der Waals surface area contributed by atoms with Crippen molar-refractivity contribution in [1.82, 2.24) is 9.97 Å². The largest absolute Gasteiger partial charge is 0.370 e. The van der Waals surface area contributed by atoms with Gasteiger partial charge >= 0.3 is 0 Å². The Kier molecular flexibility index (Phi) is 3.27. The Morgan fingerprint density at radius 2 is 1.88 bits per heavy atom. The van der Waals surface area contributed by atoms with Crippen LogP contribution in [-0.4, -0.2) is 23.1 Å². The van der Waals surface area contributed by atoms with Crippen LogP contribution in [0.4, 0.5) is 11.6 Å². The molecule has 16 heavy (non-hydrogen) atoms. The van der Waals surface area contributed by atoms with Crippen LogP contribution in [0.25, 0.3) is 0 Å². The molecule has 4 heteroatoms. The third-order valence-corrected chi connectivity index (χ3v) is 3.38. The first-order valence-corrected chi connectivity index (χ1v) is 6.08. The van der Waals surface area contributed by atoms with E-state index in [1.54, 1.807) is 6.33 Å². The minimum atomic E-state index is 0.545. The molecule has 1 saturated carbocycles. The van der Waals surface area contributed by atoms with Gasteiger partial charge in [0.1, 0.15) is 18.0 Å². The van der Waals surface area contributed by atoms with E-state index in [0.29, 0.717) is 5.41 Å². The summed E-state index contributed by atoms with van der Waals surface area (Å²) >= 11 is 0. The molecular formula is C12H20N4. The van der Waals surface area contributed by atoms with Gasteiger partial charge in [0.25, 0.3) is 0 Å². The van der Waals surface area contributed by atoms with E-state index in [1.165, 1.54) is 19.3 Å². The molecule has 4 nitrogen and oxygen atoms in total.